The van der Waals surface area contributed by atoms with Crippen LogP contribution < -0.4 is 4.74 Å². The van der Waals surface area contributed by atoms with Crippen LogP contribution in [-0.4, -0.2) is 57.7 Å². The van der Waals surface area contributed by atoms with Crippen LogP contribution in [0.1, 0.15) is 5.56 Å². The molecule has 1 saturated heterocycles. The molecule has 0 aromatic heterocycles. The molecule has 2 rings (SSSR count). The second kappa shape index (κ2) is 6.47. The first kappa shape index (κ1) is 15.1. The number of para-hydroxylation sites is 1. The van der Waals surface area contributed by atoms with Crippen molar-refractivity contribution in [3.63, 3.8) is 0 Å². The Kier molecular flexibility index (Phi) is 4.90. The molecule has 1 fully saturated rings. The highest BCUT2D eigenvalue weighted by molar-refractivity contribution is 5.32. The van der Waals surface area contributed by atoms with Crippen LogP contribution in [0.5, 0.6) is 5.75 Å². The predicted octanol–water partition coefficient (Wildman–Crippen LogP) is -0.665. The molecule has 6 nitrogen and oxygen atoms in total. The Morgan fingerprint density at radius 1 is 1.10 bits per heavy atom. The van der Waals surface area contributed by atoms with Gasteiger partial charge < -0.3 is 29.9 Å². The minimum atomic E-state index is -1.52. The monoisotopic (exact) mass is 288 g/mol. The van der Waals surface area contributed by atoms with Crippen molar-refractivity contribution in [2.75, 3.05) is 6.61 Å². The first-order valence-electron chi connectivity index (χ1n) is 6.19. The summed E-state index contributed by atoms with van der Waals surface area (Å²) < 4.78 is 23.3. The smallest absolute Gasteiger partial charge is 0.229 e. The minimum absolute atomic E-state index is 0.166. The van der Waals surface area contributed by atoms with Crippen molar-refractivity contribution in [1.29, 1.82) is 0 Å². The van der Waals surface area contributed by atoms with Crippen LogP contribution in [0.2, 0.25) is 0 Å². The van der Waals surface area contributed by atoms with Crippen molar-refractivity contribution in [2.45, 2.75) is 37.4 Å². The van der Waals surface area contributed by atoms with E-state index in [1.54, 1.807) is 12.1 Å². The zero-order valence-corrected chi connectivity index (χ0v) is 10.6. The normalized spacial score (nSPS) is 34.0. The number of hydrogen-bond acceptors (Lipinski definition) is 6. The molecule has 0 aliphatic carbocycles. The van der Waals surface area contributed by atoms with Crippen LogP contribution >= 0.6 is 0 Å². The fraction of sp³-hybridized carbons (Fsp3) is 0.538. The molecule has 1 aliphatic heterocycles. The zero-order chi connectivity index (χ0) is 14.7. The lowest BCUT2D eigenvalue weighted by molar-refractivity contribution is -0.277. The third-order valence-corrected chi connectivity index (χ3v) is 3.21. The second-order valence-electron chi connectivity index (χ2n) is 4.56. The van der Waals surface area contributed by atoms with Gasteiger partial charge in [0.25, 0.3) is 0 Å². The molecular formula is C13H17FO6. The van der Waals surface area contributed by atoms with E-state index in [2.05, 4.69) is 0 Å². The van der Waals surface area contributed by atoms with Crippen LogP contribution in [0.15, 0.2) is 24.3 Å². The summed E-state index contributed by atoms with van der Waals surface area (Å²) in [6.07, 6.45) is -6.86. The summed E-state index contributed by atoms with van der Waals surface area (Å²) >= 11 is 0. The van der Waals surface area contributed by atoms with E-state index in [0.29, 0.717) is 0 Å². The largest absolute Gasteiger partial charge is 0.462 e. The van der Waals surface area contributed by atoms with Crippen LogP contribution in [0.4, 0.5) is 4.39 Å². The summed E-state index contributed by atoms with van der Waals surface area (Å²) in [5.74, 6) is 0.166. The molecule has 0 saturated carbocycles. The molecule has 1 heterocycles. The first-order chi connectivity index (χ1) is 9.58. The lowest BCUT2D eigenvalue weighted by atomic mass is 9.99. The lowest BCUT2D eigenvalue weighted by Crippen LogP contribution is -2.60. The molecule has 1 aromatic carbocycles. The number of alkyl halides is 1. The Balaban J connectivity index is 2.15. The Bertz CT molecular complexity index is 441. The molecule has 4 N–H and O–H groups in total. The van der Waals surface area contributed by atoms with Gasteiger partial charge in [0.15, 0.2) is 0 Å². The van der Waals surface area contributed by atoms with Crippen molar-refractivity contribution in [3.05, 3.63) is 29.8 Å². The van der Waals surface area contributed by atoms with E-state index in [9.17, 15) is 19.7 Å². The molecule has 112 valence electrons. The van der Waals surface area contributed by atoms with Gasteiger partial charge in [-0.3, -0.25) is 0 Å². The molecule has 20 heavy (non-hydrogen) atoms. The third-order valence-electron chi connectivity index (χ3n) is 3.21. The summed E-state index contributed by atoms with van der Waals surface area (Å²) in [5, 5.41) is 38.1. The van der Waals surface area contributed by atoms with E-state index in [1.165, 1.54) is 12.1 Å². The molecule has 0 spiro atoms. The molecule has 0 bridgehead atoms. The average molecular weight is 288 g/mol. The maximum Gasteiger partial charge on any atom is 0.229 e. The van der Waals surface area contributed by atoms with E-state index in [0.717, 1.165) is 0 Å². The topological polar surface area (TPSA) is 99.4 Å². The van der Waals surface area contributed by atoms with E-state index in [-0.39, 0.29) is 11.3 Å². The van der Waals surface area contributed by atoms with E-state index in [4.69, 9.17) is 14.6 Å². The number of halogens is 1. The molecule has 5 atom stereocenters. The Hall–Kier alpha value is -1.25. The fourth-order valence-corrected chi connectivity index (χ4v) is 2.02. The van der Waals surface area contributed by atoms with Crippen LogP contribution in [-0.2, 0) is 11.4 Å². The number of aliphatic hydroxyl groups is 4. The van der Waals surface area contributed by atoms with Gasteiger partial charge in [-0.15, -0.1) is 0 Å². The van der Waals surface area contributed by atoms with E-state index >= 15 is 0 Å². The van der Waals surface area contributed by atoms with Gasteiger partial charge in [0.05, 0.1) is 6.61 Å². The highest BCUT2D eigenvalue weighted by Crippen LogP contribution is 2.26. The standard InChI is InChI=1S/C13H17FO6/c14-5-7-3-1-2-4-8(7)19-13-12(18)11(17)10(16)9(6-15)20-13/h1-4,9-13,15-18H,5-6H2/t9?,10-,11?,12?,13+/m0/s1. The molecule has 0 amide bonds. The fourth-order valence-electron chi connectivity index (χ4n) is 2.02. The van der Waals surface area contributed by atoms with Gasteiger partial charge in [0, 0.05) is 5.56 Å². The van der Waals surface area contributed by atoms with Gasteiger partial charge in [0.2, 0.25) is 6.29 Å². The highest BCUT2D eigenvalue weighted by atomic mass is 19.1. The summed E-state index contributed by atoms with van der Waals surface area (Å²) in [6, 6.07) is 6.27. The average Bonchev–Trinajstić information content (AvgIpc) is 2.48. The summed E-state index contributed by atoms with van der Waals surface area (Å²) in [6.45, 7) is -1.30. The molecule has 1 aromatic rings. The number of hydrogen-bond donors (Lipinski definition) is 4. The predicted molar refractivity (Wildman–Crippen MR) is 65.6 cm³/mol. The van der Waals surface area contributed by atoms with Gasteiger partial charge in [0.1, 0.15) is 36.8 Å². The molecular weight excluding hydrogens is 271 g/mol. The van der Waals surface area contributed by atoms with Crippen LogP contribution in [0.25, 0.3) is 0 Å². The van der Waals surface area contributed by atoms with Crippen molar-refractivity contribution in [1.82, 2.24) is 0 Å². The maximum absolute atomic E-state index is 12.8. The van der Waals surface area contributed by atoms with E-state index in [1.807, 2.05) is 0 Å². The maximum atomic E-state index is 12.8. The van der Waals surface area contributed by atoms with Crippen molar-refractivity contribution in [3.8, 4) is 5.75 Å². The van der Waals surface area contributed by atoms with Crippen LogP contribution in [0.3, 0.4) is 0 Å². The number of benzene rings is 1. The molecule has 3 unspecified atom stereocenters. The molecule has 0 radical (unpaired) electrons. The Morgan fingerprint density at radius 2 is 1.80 bits per heavy atom. The van der Waals surface area contributed by atoms with Gasteiger partial charge in [-0.05, 0) is 6.07 Å². The van der Waals surface area contributed by atoms with Crippen molar-refractivity contribution in [2.24, 2.45) is 0 Å². The molecule has 1 aliphatic rings. The summed E-state index contributed by atoms with van der Waals surface area (Å²) in [5.41, 5.74) is 0.268. The van der Waals surface area contributed by atoms with Gasteiger partial charge in [-0.2, -0.15) is 0 Å². The minimum Gasteiger partial charge on any atom is -0.462 e. The Labute approximate surface area is 115 Å². The van der Waals surface area contributed by atoms with E-state index < -0.39 is 44.0 Å². The summed E-state index contributed by atoms with van der Waals surface area (Å²) in [7, 11) is 0. The first-order valence-corrected chi connectivity index (χ1v) is 6.19. The number of rotatable bonds is 4. The quantitative estimate of drug-likeness (QED) is 0.587. The zero-order valence-electron chi connectivity index (χ0n) is 10.6. The number of aliphatic hydroxyl groups excluding tert-OH is 4. The SMILES string of the molecule is OCC1O[C@@H](Oc2ccccc2CF)C(O)C(O)[C@H]1O. The lowest BCUT2D eigenvalue weighted by Gasteiger charge is -2.39. The second-order valence-corrected chi connectivity index (χ2v) is 4.56. The van der Waals surface area contributed by atoms with Crippen molar-refractivity contribution < 1.29 is 34.3 Å². The molecule has 7 heteroatoms. The van der Waals surface area contributed by atoms with Crippen LogP contribution in [0, 0.1) is 0 Å². The van der Waals surface area contributed by atoms with Gasteiger partial charge >= 0.3 is 0 Å². The number of ether oxygens (including phenoxy) is 2. The van der Waals surface area contributed by atoms with Crippen molar-refractivity contribution >= 4 is 0 Å². The Morgan fingerprint density at radius 3 is 2.45 bits per heavy atom. The van der Waals surface area contributed by atoms with Gasteiger partial charge in [-0.1, -0.05) is 18.2 Å². The summed E-state index contributed by atoms with van der Waals surface area (Å²) in [4.78, 5) is 0. The third kappa shape index (κ3) is 2.92. The highest BCUT2D eigenvalue weighted by Gasteiger charge is 2.44. The van der Waals surface area contributed by atoms with Gasteiger partial charge in [-0.25, -0.2) is 4.39 Å².